The van der Waals surface area contributed by atoms with Crippen LogP contribution in [0.4, 0.5) is 0 Å². The number of carbonyl (C=O) groups excluding carboxylic acids is 1. The number of hydrogen-bond acceptors (Lipinski definition) is 3. The fourth-order valence-electron chi connectivity index (χ4n) is 1.07. The monoisotopic (exact) mass is 246 g/mol. The molecule has 0 saturated heterocycles. The van der Waals surface area contributed by atoms with Crippen LogP contribution in [-0.4, -0.2) is 27.5 Å². The van der Waals surface area contributed by atoms with Gasteiger partial charge < -0.3 is 9.16 Å². The Hall–Kier alpha value is -0.353. The van der Waals surface area contributed by atoms with Crippen LogP contribution in [0.15, 0.2) is 0 Å². The lowest BCUT2D eigenvalue weighted by atomic mass is 10.1. The summed E-state index contributed by atoms with van der Waals surface area (Å²) in [4.78, 5) is 11.6. The Kier molecular flexibility index (Phi) is 5.20. The molecular weight excluding hydrogens is 220 g/mol. The quantitative estimate of drug-likeness (QED) is 0.564. The first-order chi connectivity index (χ1) is 7.03. The topological polar surface area (TPSA) is 35.5 Å². The van der Waals surface area contributed by atoms with E-state index in [-0.39, 0.29) is 16.9 Å². The maximum absolute atomic E-state index is 11.6. The second-order valence-corrected chi connectivity index (χ2v) is 10.8. The highest BCUT2D eigenvalue weighted by Crippen LogP contribution is 2.38. The molecular formula is C12H26O3Si. The van der Waals surface area contributed by atoms with E-state index in [1.165, 1.54) is 7.11 Å². The highest BCUT2D eigenvalue weighted by atomic mass is 28.4. The van der Waals surface area contributed by atoms with Gasteiger partial charge in [0.15, 0.2) is 8.32 Å². The van der Waals surface area contributed by atoms with Crippen LogP contribution in [-0.2, 0) is 14.0 Å². The molecule has 0 unspecified atom stereocenters. The first kappa shape index (κ1) is 15.6. The van der Waals surface area contributed by atoms with Crippen LogP contribution in [0, 0.1) is 5.92 Å². The lowest BCUT2D eigenvalue weighted by Crippen LogP contribution is -2.47. The fourth-order valence-corrected chi connectivity index (χ4v) is 2.42. The van der Waals surface area contributed by atoms with E-state index in [1.807, 2.05) is 13.8 Å². The third-order valence-electron chi connectivity index (χ3n) is 3.27. The second kappa shape index (κ2) is 5.32. The number of hydrogen-bond donors (Lipinski definition) is 0. The normalized spacial score (nSPS) is 15.1. The van der Waals surface area contributed by atoms with Crippen molar-refractivity contribution in [1.29, 1.82) is 0 Å². The highest BCUT2D eigenvalue weighted by Gasteiger charge is 2.41. The summed E-state index contributed by atoms with van der Waals surface area (Å²) in [5.74, 6) is -0.124. The van der Waals surface area contributed by atoms with Crippen LogP contribution in [0.3, 0.4) is 0 Å². The van der Waals surface area contributed by atoms with E-state index in [4.69, 9.17) is 9.16 Å². The van der Waals surface area contributed by atoms with Crippen molar-refractivity contribution in [3.8, 4) is 0 Å². The molecule has 1 atom stereocenters. The molecule has 96 valence electrons. The molecule has 0 aliphatic heterocycles. The van der Waals surface area contributed by atoms with Gasteiger partial charge in [-0.1, -0.05) is 34.6 Å². The molecule has 0 aliphatic carbocycles. The van der Waals surface area contributed by atoms with Crippen molar-refractivity contribution in [2.24, 2.45) is 5.92 Å². The maximum Gasteiger partial charge on any atom is 0.334 e. The Morgan fingerprint density at radius 3 is 1.88 bits per heavy atom. The molecule has 0 amide bonds. The van der Waals surface area contributed by atoms with Gasteiger partial charge in [0, 0.05) is 0 Å². The van der Waals surface area contributed by atoms with E-state index in [0.29, 0.717) is 0 Å². The molecule has 0 aliphatic rings. The first-order valence-corrected chi connectivity index (χ1v) is 8.69. The van der Waals surface area contributed by atoms with Crippen LogP contribution in [0.5, 0.6) is 0 Å². The van der Waals surface area contributed by atoms with Gasteiger partial charge in [-0.2, -0.15) is 0 Å². The molecule has 0 saturated carbocycles. The van der Waals surface area contributed by atoms with Crippen molar-refractivity contribution in [3.05, 3.63) is 0 Å². The number of esters is 1. The average Bonchev–Trinajstić information content (AvgIpc) is 2.10. The lowest BCUT2D eigenvalue weighted by molar-refractivity contribution is -0.151. The van der Waals surface area contributed by atoms with Gasteiger partial charge in [0.1, 0.15) is 6.10 Å². The zero-order valence-electron chi connectivity index (χ0n) is 11.9. The number of ether oxygens (including phenoxy) is 1. The van der Waals surface area contributed by atoms with Gasteiger partial charge in [0.05, 0.1) is 7.11 Å². The Morgan fingerprint density at radius 1 is 1.19 bits per heavy atom. The van der Waals surface area contributed by atoms with Gasteiger partial charge in [0.2, 0.25) is 0 Å². The summed E-state index contributed by atoms with van der Waals surface area (Å²) in [6.07, 6.45) is -0.439. The van der Waals surface area contributed by atoms with Crippen LogP contribution in [0.25, 0.3) is 0 Å². The summed E-state index contributed by atoms with van der Waals surface area (Å²) in [7, 11) is -0.501. The molecule has 0 fully saturated rings. The van der Waals surface area contributed by atoms with E-state index in [9.17, 15) is 4.79 Å². The molecule has 0 spiro atoms. The van der Waals surface area contributed by atoms with Gasteiger partial charge in [-0.05, 0) is 24.1 Å². The summed E-state index contributed by atoms with van der Waals surface area (Å²) >= 11 is 0. The second-order valence-electron chi connectivity index (χ2n) is 6.07. The van der Waals surface area contributed by atoms with Crippen LogP contribution >= 0.6 is 0 Å². The van der Waals surface area contributed by atoms with Gasteiger partial charge in [-0.25, -0.2) is 4.79 Å². The van der Waals surface area contributed by atoms with Crippen LogP contribution < -0.4 is 0 Å². The SMILES string of the molecule is COC(=O)[C@@H](O[Si](C)(C)C(C)(C)C)C(C)C. The van der Waals surface area contributed by atoms with Crippen molar-refractivity contribution >= 4 is 14.3 Å². The molecule has 0 aromatic carbocycles. The zero-order valence-corrected chi connectivity index (χ0v) is 12.9. The van der Waals surface area contributed by atoms with Crippen molar-refractivity contribution in [3.63, 3.8) is 0 Å². The predicted octanol–water partition coefficient (Wildman–Crippen LogP) is 3.21. The summed E-state index contributed by atoms with van der Waals surface area (Å²) < 4.78 is 10.9. The molecule has 0 radical (unpaired) electrons. The van der Waals surface area contributed by atoms with Gasteiger partial charge >= 0.3 is 5.97 Å². The zero-order chi connectivity index (χ0) is 13.1. The van der Waals surface area contributed by atoms with Crippen molar-refractivity contribution in [2.45, 2.75) is 58.9 Å². The molecule has 0 N–H and O–H groups in total. The van der Waals surface area contributed by atoms with Gasteiger partial charge in [-0.15, -0.1) is 0 Å². The number of rotatable bonds is 4. The van der Waals surface area contributed by atoms with Crippen molar-refractivity contribution in [1.82, 2.24) is 0 Å². The van der Waals surface area contributed by atoms with E-state index in [2.05, 4.69) is 33.9 Å². The molecule has 0 aromatic heterocycles. The largest absolute Gasteiger partial charge is 0.467 e. The van der Waals surface area contributed by atoms with E-state index in [0.717, 1.165) is 0 Å². The molecule has 3 nitrogen and oxygen atoms in total. The van der Waals surface area contributed by atoms with Crippen LogP contribution in [0.2, 0.25) is 18.1 Å². The molecule has 0 heterocycles. The Morgan fingerprint density at radius 2 is 1.62 bits per heavy atom. The van der Waals surface area contributed by atoms with Crippen molar-refractivity contribution in [2.75, 3.05) is 7.11 Å². The summed E-state index contributed by atoms with van der Waals surface area (Å²) in [5, 5.41) is 0.105. The Labute approximate surface area is 101 Å². The van der Waals surface area contributed by atoms with Gasteiger partial charge in [-0.3, -0.25) is 0 Å². The minimum atomic E-state index is -1.91. The van der Waals surface area contributed by atoms with E-state index < -0.39 is 14.4 Å². The Balaban J connectivity index is 4.83. The summed E-state index contributed by atoms with van der Waals surface area (Å²) in [6.45, 7) is 14.7. The van der Waals surface area contributed by atoms with Crippen LogP contribution in [0.1, 0.15) is 34.6 Å². The molecule has 4 heteroatoms. The van der Waals surface area contributed by atoms with Gasteiger partial charge in [0.25, 0.3) is 0 Å². The smallest absolute Gasteiger partial charge is 0.334 e. The minimum Gasteiger partial charge on any atom is -0.467 e. The number of methoxy groups -OCH3 is 1. The average molecular weight is 246 g/mol. The predicted molar refractivity (Wildman–Crippen MR) is 68.9 cm³/mol. The van der Waals surface area contributed by atoms with E-state index in [1.54, 1.807) is 0 Å². The number of carbonyl (C=O) groups is 1. The summed E-state index contributed by atoms with van der Waals surface area (Å²) in [6, 6.07) is 0. The molecule has 0 aromatic rings. The fraction of sp³-hybridized carbons (Fsp3) is 0.917. The summed E-state index contributed by atoms with van der Waals surface area (Å²) in [5.41, 5.74) is 0. The highest BCUT2D eigenvalue weighted by molar-refractivity contribution is 6.74. The molecule has 16 heavy (non-hydrogen) atoms. The molecule has 0 bridgehead atoms. The Bertz CT molecular complexity index is 241. The third kappa shape index (κ3) is 3.90. The van der Waals surface area contributed by atoms with Crippen molar-refractivity contribution < 1.29 is 14.0 Å². The third-order valence-corrected chi connectivity index (χ3v) is 7.72. The standard InChI is InChI=1S/C12H26O3Si/c1-9(2)10(11(13)14-6)15-16(7,8)12(3,4)5/h9-10H,1-8H3/t10-/m0/s1. The van der Waals surface area contributed by atoms with E-state index >= 15 is 0 Å². The minimum absolute atomic E-state index is 0.105. The lowest BCUT2D eigenvalue weighted by Gasteiger charge is -2.39. The maximum atomic E-state index is 11.6. The molecule has 0 rings (SSSR count). The first-order valence-electron chi connectivity index (χ1n) is 5.78.